The summed E-state index contributed by atoms with van der Waals surface area (Å²) in [6, 6.07) is 9.94. The van der Waals surface area contributed by atoms with Crippen molar-refractivity contribution in [3.05, 3.63) is 56.5 Å². The van der Waals surface area contributed by atoms with Crippen molar-refractivity contribution in [1.29, 1.82) is 0 Å². The third kappa shape index (κ3) is 4.46. The highest BCUT2D eigenvalue weighted by atomic mass is 79.9. The minimum absolute atomic E-state index is 0.124. The maximum Gasteiger partial charge on any atom is 0.387 e. The molecule has 0 aliphatic rings. The van der Waals surface area contributed by atoms with Crippen LogP contribution < -0.4 is 10.1 Å². The molecule has 0 saturated heterocycles. The Morgan fingerprint density at radius 1 is 1.05 bits per heavy atom. The van der Waals surface area contributed by atoms with Crippen LogP contribution in [0.1, 0.15) is 5.56 Å². The Labute approximate surface area is 139 Å². The summed E-state index contributed by atoms with van der Waals surface area (Å²) < 4.78 is 29.1. The highest BCUT2D eigenvalue weighted by Gasteiger charge is 2.08. The zero-order valence-electron chi connectivity index (χ0n) is 10.5. The molecule has 0 aliphatic carbocycles. The van der Waals surface area contributed by atoms with E-state index < -0.39 is 6.61 Å². The zero-order chi connectivity index (χ0) is 15.4. The molecule has 0 heterocycles. The molecule has 2 aromatic rings. The average molecular weight is 397 g/mol. The van der Waals surface area contributed by atoms with E-state index in [-0.39, 0.29) is 5.75 Å². The van der Waals surface area contributed by atoms with Gasteiger partial charge in [0.05, 0.1) is 15.7 Å². The molecule has 0 spiro atoms. The fourth-order valence-electron chi connectivity index (χ4n) is 1.65. The van der Waals surface area contributed by atoms with Crippen molar-refractivity contribution in [2.45, 2.75) is 13.2 Å². The van der Waals surface area contributed by atoms with Gasteiger partial charge in [0, 0.05) is 11.0 Å². The lowest BCUT2D eigenvalue weighted by atomic mass is 10.2. The minimum Gasteiger partial charge on any atom is -0.435 e. The van der Waals surface area contributed by atoms with Crippen LogP contribution in [0.15, 0.2) is 40.9 Å². The van der Waals surface area contributed by atoms with Gasteiger partial charge < -0.3 is 10.1 Å². The van der Waals surface area contributed by atoms with Crippen molar-refractivity contribution < 1.29 is 13.5 Å². The quantitative estimate of drug-likeness (QED) is 0.628. The lowest BCUT2D eigenvalue weighted by molar-refractivity contribution is -0.0498. The van der Waals surface area contributed by atoms with E-state index in [9.17, 15) is 8.78 Å². The Morgan fingerprint density at radius 2 is 1.71 bits per heavy atom. The molecular formula is C14H10BrCl2F2NO. The highest BCUT2D eigenvalue weighted by Crippen LogP contribution is 2.36. The second-order valence-electron chi connectivity index (χ2n) is 4.10. The predicted molar refractivity (Wildman–Crippen MR) is 84.6 cm³/mol. The topological polar surface area (TPSA) is 21.3 Å². The van der Waals surface area contributed by atoms with Crippen LogP contribution in [0.2, 0.25) is 10.0 Å². The fraction of sp³-hybridized carbons (Fsp3) is 0.143. The molecular weight excluding hydrogens is 387 g/mol. The van der Waals surface area contributed by atoms with E-state index in [0.29, 0.717) is 26.8 Å². The SMILES string of the molecule is FC(F)Oc1ccc(CNc2ccc(Br)c(Cl)c2Cl)cc1. The van der Waals surface area contributed by atoms with Crippen LogP contribution >= 0.6 is 39.1 Å². The molecule has 7 heteroatoms. The number of anilines is 1. The van der Waals surface area contributed by atoms with Crippen LogP contribution in [0.4, 0.5) is 14.5 Å². The summed E-state index contributed by atoms with van der Waals surface area (Å²) in [6.45, 7) is -2.34. The zero-order valence-corrected chi connectivity index (χ0v) is 13.6. The van der Waals surface area contributed by atoms with Crippen LogP contribution in [0, 0.1) is 0 Å². The van der Waals surface area contributed by atoms with E-state index >= 15 is 0 Å². The third-order valence-electron chi connectivity index (χ3n) is 2.67. The Bertz CT molecular complexity index is 623. The van der Waals surface area contributed by atoms with Gasteiger partial charge in [0.25, 0.3) is 0 Å². The molecule has 0 bridgehead atoms. The molecule has 0 radical (unpaired) electrons. The first kappa shape index (κ1) is 16.3. The van der Waals surface area contributed by atoms with Gasteiger partial charge in [-0.05, 0) is 45.8 Å². The Balaban J connectivity index is 2.02. The lowest BCUT2D eigenvalue weighted by Crippen LogP contribution is -2.03. The molecule has 112 valence electrons. The first-order valence-corrected chi connectivity index (χ1v) is 7.43. The van der Waals surface area contributed by atoms with Crippen LogP contribution in [0.3, 0.4) is 0 Å². The standard InChI is InChI=1S/C14H10BrCl2F2NO/c15-10-5-6-11(13(17)12(10)16)20-7-8-1-3-9(4-2-8)21-14(18)19/h1-6,14,20H,7H2. The molecule has 2 rings (SSSR count). The molecule has 1 N–H and O–H groups in total. The summed E-state index contributed by atoms with van der Waals surface area (Å²) in [6.07, 6.45) is 0. The number of hydrogen-bond donors (Lipinski definition) is 1. The number of benzene rings is 2. The van der Waals surface area contributed by atoms with Crippen molar-refractivity contribution in [3.63, 3.8) is 0 Å². The number of halogens is 5. The lowest BCUT2D eigenvalue weighted by Gasteiger charge is -2.11. The molecule has 0 amide bonds. The molecule has 0 unspecified atom stereocenters. The van der Waals surface area contributed by atoms with Gasteiger partial charge in [-0.15, -0.1) is 0 Å². The van der Waals surface area contributed by atoms with Gasteiger partial charge in [-0.3, -0.25) is 0 Å². The summed E-state index contributed by atoms with van der Waals surface area (Å²) in [7, 11) is 0. The van der Waals surface area contributed by atoms with Crippen LogP contribution in [0.25, 0.3) is 0 Å². The van der Waals surface area contributed by atoms with E-state index in [4.69, 9.17) is 23.2 Å². The number of nitrogens with one attached hydrogen (secondary N) is 1. The van der Waals surface area contributed by atoms with Crippen molar-refractivity contribution in [2.24, 2.45) is 0 Å². The molecule has 0 fully saturated rings. The van der Waals surface area contributed by atoms with E-state index in [1.807, 2.05) is 0 Å². The van der Waals surface area contributed by atoms with E-state index in [0.717, 1.165) is 5.56 Å². The maximum atomic E-state index is 12.0. The number of alkyl halides is 2. The van der Waals surface area contributed by atoms with E-state index in [1.54, 1.807) is 24.3 Å². The van der Waals surface area contributed by atoms with Crippen molar-refractivity contribution in [1.82, 2.24) is 0 Å². The average Bonchev–Trinajstić information content (AvgIpc) is 2.45. The normalized spacial score (nSPS) is 10.8. The van der Waals surface area contributed by atoms with Crippen molar-refractivity contribution in [3.8, 4) is 5.75 Å². The van der Waals surface area contributed by atoms with Crippen LogP contribution in [-0.4, -0.2) is 6.61 Å². The van der Waals surface area contributed by atoms with Gasteiger partial charge in [0.2, 0.25) is 0 Å². The third-order valence-corrected chi connectivity index (χ3v) is 4.44. The monoisotopic (exact) mass is 395 g/mol. The summed E-state index contributed by atoms with van der Waals surface area (Å²) in [5.41, 5.74) is 1.59. The number of ether oxygens (including phenoxy) is 1. The van der Waals surface area contributed by atoms with E-state index in [2.05, 4.69) is 26.0 Å². The van der Waals surface area contributed by atoms with Gasteiger partial charge in [-0.2, -0.15) is 8.78 Å². The summed E-state index contributed by atoms with van der Waals surface area (Å²) >= 11 is 15.4. The Kier molecular flexibility index (Phi) is 5.67. The van der Waals surface area contributed by atoms with Gasteiger partial charge >= 0.3 is 6.61 Å². The Morgan fingerprint density at radius 3 is 2.33 bits per heavy atom. The van der Waals surface area contributed by atoms with Crippen LogP contribution in [-0.2, 0) is 6.54 Å². The largest absolute Gasteiger partial charge is 0.435 e. The summed E-state index contributed by atoms with van der Waals surface area (Å²) in [5.74, 6) is 0.124. The number of rotatable bonds is 5. The highest BCUT2D eigenvalue weighted by molar-refractivity contribution is 9.10. The molecule has 21 heavy (non-hydrogen) atoms. The first-order valence-electron chi connectivity index (χ1n) is 5.88. The second-order valence-corrected chi connectivity index (χ2v) is 5.71. The predicted octanol–water partition coefficient (Wildman–Crippen LogP) is 5.97. The summed E-state index contributed by atoms with van der Waals surface area (Å²) in [4.78, 5) is 0. The molecule has 0 aliphatic heterocycles. The first-order chi connectivity index (χ1) is 9.97. The van der Waals surface area contributed by atoms with Gasteiger partial charge in [-0.25, -0.2) is 0 Å². The maximum absolute atomic E-state index is 12.0. The molecule has 0 aromatic heterocycles. The fourth-order valence-corrected chi connectivity index (χ4v) is 2.49. The van der Waals surface area contributed by atoms with E-state index in [1.165, 1.54) is 12.1 Å². The second kappa shape index (κ2) is 7.29. The summed E-state index contributed by atoms with van der Waals surface area (Å²) in [5, 5.41) is 3.98. The van der Waals surface area contributed by atoms with Gasteiger partial charge in [0.15, 0.2) is 0 Å². The number of hydrogen-bond acceptors (Lipinski definition) is 2. The van der Waals surface area contributed by atoms with Gasteiger partial charge in [0.1, 0.15) is 5.75 Å². The van der Waals surface area contributed by atoms with Crippen molar-refractivity contribution in [2.75, 3.05) is 5.32 Å². The molecule has 2 aromatic carbocycles. The smallest absolute Gasteiger partial charge is 0.387 e. The molecule has 0 saturated carbocycles. The Hall–Kier alpha value is -1.04. The minimum atomic E-state index is -2.82. The van der Waals surface area contributed by atoms with Crippen molar-refractivity contribution >= 4 is 44.8 Å². The molecule has 0 atom stereocenters. The van der Waals surface area contributed by atoms with Crippen LogP contribution in [0.5, 0.6) is 5.75 Å². The molecule has 2 nitrogen and oxygen atoms in total. The van der Waals surface area contributed by atoms with Gasteiger partial charge in [-0.1, -0.05) is 35.3 Å².